The lowest BCUT2D eigenvalue weighted by atomic mass is 10.1. The third kappa shape index (κ3) is 3.06. The number of hydrogen-bond acceptors (Lipinski definition) is 4. The van der Waals surface area contributed by atoms with Crippen LogP contribution in [0.15, 0.2) is 18.2 Å². The van der Waals surface area contributed by atoms with E-state index in [0.717, 1.165) is 5.69 Å². The fraction of sp³-hybridized carbons (Fsp3) is 0.500. The molecule has 0 saturated carbocycles. The first-order valence-electron chi connectivity index (χ1n) is 6.50. The van der Waals surface area contributed by atoms with E-state index in [-0.39, 0.29) is 18.1 Å². The first kappa shape index (κ1) is 15.1. The second-order valence-corrected chi connectivity index (χ2v) is 5.13. The van der Waals surface area contributed by atoms with Crippen molar-refractivity contribution in [2.45, 2.75) is 19.1 Å². The molecule has 0 unspecified atom stereocenters. The van der Waals surface area contributed by atoms with Gasteiger partial charge in [-0.2, -0.15) is 0 Å². The van der Waals surface area contributed by atoms with E-state index in [1.807, 2.05) is 6.92 Å². The Morgan fingerprint density at radius 1 is 1.55 bits per heavy atom. The largest absolute Gasteiger partial charge is 0.495 e. The first-order valence-corrected chi connectivity index (χ1v) is 6.88. The zero-order valence-corrected chi connectivity index (χ0v) is 12.6. The lowest BCUT2D eigenvalue weighted by Gasteiger charge is -2.32. The molecule has 1 aromatic rings. The van der Waals surface area contributed by atoms with Crippen LogP contribution in [0.1, 0.15) is 6.92 Å². The van der Waals surface area contributed by atoms with Gasteiger partial charge in [0, 0.05) is 19.3 Å². The average Bonchev–Trinajstić information content (AvgIpc) is 2.46. The number of ether oxygens (including phenoxy) is 2. The van der Waals surface area contributed by atoms with Crippen molar-refractivity contribution >= 4 is 23.2 Å². The zero-order chi connectivity index (χ0) is 14.7. The maximum Gasteiger partial charge on any atom is 0.246 e. The van der Waals surface area contributed by atoms with Gasteiger partial charge in [-0.3, -0.25) is 4.79 Å². The summed E-state index contributed by atoms with van der Waals surface area (Å²) in [7, 11) is 3.28. The van der Waals surface area contributed by atoms with Crippen LogP contribution in [0, 0.1) is 0 Å². The molecule has 6 heteroatoms. The Balaban J connectivity index is 2.15. The molecule has 1 fully saturated rings. The molecule has 1 saturated heterocycles. The molecule has 20 heavy (non-hydrogen) atoms. The Morgan fingerprint density at radius 3 is 2.90 bits per heavy atom. The van der Waals surface area contributed by atoms with Crippen LogP contribution in [0.5, 0.6) is 5.75 Å². The molecule has 1 aromatic carbocycles. The Labute approximate surface area is 123 Å². The molecule has 2 atom stereocenters. The SMILES string of the molecule is COc1ccc(N(C)C(=O)[C@H]2NCCO[C@@H]2C)cc1Cl. The number of anilines is 1. The zero-order valence-electron chi connectivity index (χ0n) is 11.9. The molecule has 1 aliphatic heterocycles. The average molecular weight is 299 g/mol. The van der Waals surface area contributed by atoms with Crippen LogP contribution < -0.4 is 15.0 Å². The van der Waals surface area contributed by atoms with Gasteiger partial charge < -0.3 is 19.7 Å². The normalized spacial score (nSPS) is 22.4. The summed E-state index contributed by atoms with van der Waals surface area (Å²) in [5.41, 5.74) is 0.723. The molecule has 5 nitrogen and oxygen atoms in total. The van der Waals surface area contributed by atoms with Gasteiger partial charge in [-0.25, -0.2) is 0 Å². The van der Waals surface area contributed by atoms with E-state index in [0.29, 0.717) is 23.9 Å². The number of amides is 1. The van der Waals surface area contributed by atoms with Gasteiger partial charge in [0.2, 0.25) is 5.91 Å². The van der Waals surface area contributed by atoms with Crippen LogP contribution >= 0.6 is 11.6 Å². The number of morpholine rings is 1. The van der Waals surface area contributed by atoms with Crippen molar-refractivity contribution in [3.63, 3.8) is 0 Å². The predicted molar refractivity (Wildman–Crippen MR) is 78.6 cm³/mol. The predicted octanol–water partition coefficient (Wildman–Crippen LogP) is 1.69. The van der Waals surface area contributed by atoms with Gasteiger partial charge >= 0.3 is 0 Å². The lowest BCUT2D eigenvalue weighted by Crippen LogP contribution is -2.55. The number of nitrogens with one attached hydrogen (secondary N) is 1. The standard InChI is InChI=1S/C14H19ClN2O3/c1-9-13(16-6-7-20-9)14(18)17(2)10-4-5-12(19-3)11(15)8-10/h4-5,8-9,13,16H,6-7H2,1-3H3/t9-,13+/m1/s1. The summed E-state index contributed by atoms with van der Waals surface area (Å²) in [5, 5.41) is 3.66. The van der Waals surface area contributed by atoms with E-state index in [9.17, 15) is 4.79 Å². The van der Waals surface area contributed by atoms with Gasteiger partial charge in [0.1, 0.15) is 11.8 Å². The number of methoxy groups -OCH3 is 1. The summed E-state index contributed by atoms with van der Waals surface area (Å²) < 4.78 is 10.6. The number of carbonyl (C=O) groups is 1. The molecule has 0 spiro atoms. The lowest BCUT2D eigenvalue weighted by molar-refractivity contribution is -0.126. The summed E-state index contributed by atoms with van der Waals surface area (Å²) in [6.07, 6.45) is -0.146. The van der Waals surface area contributed by atoms with E-state index in [4.69, 9.17) is 21.1 Å². The molecule has 1 heterocycles. The smallest absolute Gasteiger partial charge is 0.246 e. The van der Waals surface area contributed by atoms with Gasteiger partial charge in [0.25, 0.3) is 0 Å². The molecule has 1 N–H and O–H groups in total. The van der Waals surface area contributed by atoms with Gasteiger partial charge in [-0.15, -0.1) is 0 Å². The molecule has 2 rings (SSSR count). The highest BCUT2D eigenvalue weighted by Gasteiger charge is 2.31. The Hall–Kier alpha value is -1.30. The minimum Gasteiger partial charge on any atom is -0.495 e. The van der Waals surface area contributed by atoms with E-state index < -0.39 is 0 Å². The molecular formula is C14H19ClN2O3. The van der Waals surface area contributed by atoms with Gasteiger partial charge in [0.05, 0.1) is 24.8 Å². The second-order valence-electron chi connectivity index (χ2n) is 4.72. The van der Waals surface area contributed by atoms with E-state index in [1.54, 1.807) is 37.3 Å². The molecule has 1 amide bonds. The second kappa shape index (κ2) is 6.43. The van der Waals surface area contributed by atoms with Crippen LogP contribution in [0.25, 0.3) is 0 Å². The Kier molecular flexibility index (Phi) is 4.86. The maximum atomic E-state index is 12.5. The highest BCUT2D eigenvalue weighted by atomic mass is 35.5. The van der Waals surface area contributed by atoms with E-state index in [1.165, 1.54) is 0 Å². The highest BCUT2D eigenvalue weighted by Crippen LogP contribution is 2.29. The quantitative estimate of drug-likeness (QED) is 0.922. The third-order valence-corrected chi connectivity index (χ3v) is 3.73. The molecule has 110 valence electrons. The summed E-state index contributed by atoms with van der Waals surface area (Å²) in [6.45, 7) is 3.20. The molecule has 0 bridgehead atoms. The van der Waals surface area contributed by atoms with Crippen molar-refractivity contribution < 1.29 is 14.3 Å². The number of halogens is 1. The first-order chi connectivity index (χ1) is 9.54. The van der Waals surface area contributed by atoms with Crippen molar-refractivity contribution in [2.24, 2.45) is 0 Å². The van der Waals surface area contributed by atoms with Crippen LogP contribution in [0.3, 0.4) is 0 Å². The number of likely N-dealkylation sites (N-methyl/N-ethyl adjacent to an activating group) is 1. The van der Waals surface area contributed by atoms with E-state index in [2.05, 4.69) is 5.32 Å². The van der Waals surface area contributed by atoms with Crippen LogP contribution in [0.2, 0.25) is 5.02 Å². The highest BCUT2D eigenvalue weighted by molar-refractivity contribution is 6.32. The monoisotopic (exact) mass is 298 g/mol. The van der Waals surface area contributed by atoms with E-state index >= 15 is 0 Å². The fourth-order valence-corrected chi connectivity index (χ4v) is 2.46. The van der Waals surface area contributed by atoms with Gasteiger partial charge in [0.15, 0.2) is 0 Å². The molecule has 0 radical (unpaired) electrons. The number of carbonyl (C=O) groups excluding carboxylic acids is 1. The number of rotatable bonds is 3. The minimum absolute atomic E-state index is 0.0431. The number of hydrogen-bond donors (Lipinski definition) is 1. The summed E-state index contributed by atoms with van der Waals surface area (Å²) in [5.74, 6) is 0.544. The molecule has 0 aliphatic carbocycles. The summed E-state index contributed by atoms with van der Waals surface area (Å²) in [4.78, 5) is 14.1. The van der Waals surface area contributed by atoms with Crippen molar-refractivity contribution in [1.29, 1.82) is 0 Å². The van der Waals surface area contributed by atoms with Crippen molar-refractivity contribution in [2.75, 3.05) is 32.2 Å². The molecule has 0 aromatic heterocycles. The third-order valence-electron chi connectivity index (χ3n) is 3.44. The van der Waals surface area contributed by atoms with Gasteiger partial charge in [-0.05, 0) is 25.1 Å². The maximum absolute atomic E-state index is 12.5. The van der Waals surface area contributed by atoms with Crippen LogP contribution in [-0.2, 0) is 9.53 Å². The topological polar surface area (TPSA) is 50.8 Å². The van der Waals surface area contributed by atoms with Crippen molar-refractivity contribution in [3.8, 4) is 5.75 Å². The van der Waals surface area contributed by atoms with Crippen molar-refractivity contribution in [3.05, 3.63) is 23.2 Å². The fourth-order valence-electron chi connectivity index (χ4n) is 2.21. The Bertz CT molecular complexity index is 495. The summed E-state index contributed by atoms with van der Waals surface area (Å²) >= 11 is 6.09. The van der Waals surface area contributed by atoms with Crippen LogP contribution in [0.4, 0.5) is 5.69 Å². The molecular weight excluding hydrogens is 280 g/mol. The number of benzene rings is 1. The van der Waals surface area contributed by atoms with Gasteiger partial charge in [-0.1, -0.05) is 11.6 Å². The van der Waals surface area contributed by atoms with Crippen LogP contribution in [-0.4, -0.2) is 45.4 Å². The molecule has 1 aliphatic rings. The summed E-state index contributed by atoms with van der Waals surface area (Å²) in [6, 6.07) is 4.92. The number of nitrogens with zero attached hydrogens (tertiary/aromatic N) is 1. The van der Waals surface area contributed by atoms with Crippen molar-refractivity contribution in [1.82, 2.24) is 5.32 Å². The minimum atomic E-state index is -0.338. The Morgan fingerprint density at radius 2 is 2.30 bits per heavy atom.